The third-order valence-corrected chi connectivity index (χ3v) is 3.34. The second kappa shape index (κ2) is 7.45. The summed E-state index contributed by atoms with van der Waals surface area (Å²) in [5, 5.41) is 7.21. The van der Waals surface area contributed by atoms with Gasteiger partial charge in [0.05, 0.1) is 6.54 Å². The molecule has 5 nitrogen and oxygen atoms in total. The number of urea groups is 1. The Hall–Kier alpha value is -2.56. The van der Waals surface area contributed by atoms with Crippen LogP contribution in [0.25, 0.3) is 10.8 Å². The number of carbonyl (C=O) groups is 2. The van der Waals surface area contributed by atoms with Crippen LogP contribution in [0, 0.1) is 0 Å². The average Bonchev–Trinajstić information content (AvgIpc) is 2.52. The van der Waals surface area contributed by atoms with Gasteiger partial charge in [0.2, 0.25) is 5.91 Å². The van der Waals surface area contributed by atoms with Crippen molar-refractivity contribution in [2.75, 3.05) is 25.0 Å². The topological polar surface area (TPSA) is 61.4 Å². The Morgan fingerprint density at radius 1 is 1.09 bits per heavy atom. The Morgan fingerprint density at radius 3 is 2.55 bits per heavy atom. The molecule has 0 fully saturated rings. The Labute approximate surface area is 130 Å². The van der Waals surface area contributed by atoms with Gasteiger partial charge in [0.1, 0.15) is 0 Å². The van der Waals surface area contributed by atoms with Crippen molar-refractivity contribution in [3.05, 3.63) is 42.5 Å². The van der Waals surface area contributed by atoms with Gasteiger partial charge in [0.25, 0.3) is 0 Å². The molecule has 0 heterocycles. The van der Waals surface area contributed by atoms with E-state index in [0.717, 1.165) is 22.9 Å². The fourth-order valence-electron chi connectivity index (χ4n) is 2.17. The monoisotopic (exact) mass is 299 g/mol. The van der Waals surface area contributed by atoms with E-state index in [9.17, 15) is 9.59 Å². The molecule has 0 bridgehead atoms. The average molecular weight is 299 g/mol. The fraction of sp³-hybridized carbons (Fsp3) is 0.294. The highest BCUT2D eigenvalue weighted by Crippen LogP contribution is 2.20. The van der Waals surface area contributed by atoms with Crippen LogP contribution in [-0.4, -0.2) is 32.1 Å². The quantitative estimate of drug-likeness (QED) is 0.892. The van der Waals surface area contributed by atoms with Crippen LogP contribution in [0.2, 0.25) is 0 Å². The molecule has 22 heavy (non-hydrogen) atoms. The molecule has 2 aromatic rings. The first-order valence-corrected chi connectivity index (χ1v) is 7.37. The number of amides is 3. The normalized spacial score (nSPS) is 10.3. The molecule has 116 valence electrons. The molecule has 0 saturated carbocycles. The van der Waals surface area contributed by atoms with Crippen LogP contribution < -0.4 is 15.5 Å². The van der Waals surface area contributed by atoms with Crippen LogP contribution in [0.4, 0.5) is 10.5 Å². The van der Waals surface area contributed by atoms with Gasteiger partial charge in [-0.3, -0.25) is 10.1 Å². The van der Waals surface area contributed by atoms with Gasteiger partial charge in [-0.2, -0.15) is 0 Å². The predicted molar refractivity (Wildman–Crippen MR) is 89.1 cm³/mol. The van der Waals surface area contributed by atoms with Gasteiger partial charge in [-0.15, -0.1) is 0 Å². The molecule has 0 aliphatic carbocycles. The molecule has 0 aliphatic rings. The standard InChI is InChI=1S/C17H21N3O2/c1-3-10-18-17(22)19-16(21)12-20(2)15-9-8-13-6-4-5-7-14(13)11-15/h4-9,11H,3,10,12H2,1-2H3,(H2,18,19,21,22). The van der Waals surface area contributed by atoms with Gasteiger partial charge in [0, 0.05) is 19.3 Å². The zero-order valence-corrected chi connectivity index (χ0v) is 12.9. The first-order valence-electron chi connectivity index (χ1n) is 7.37. The lowest BCUT2D eigenvalue weighted by atomic mass is 10.1. The summed E-state index contributed by atoms with van der Waals surface area (Å²) in [5.41, 5.74) is 0.933. The molecule has 0 radical (unpaired) electrons. The first kappa shape index (κ1) is 15.8. The van der Waals surface area contributed by atoms with E-state index in [1.165, 1.54) is 0 Å². The Kier molecular flexibility index (Phi) is 5.36. The molecule has 5 heteroatoms. The SMILES string of the molecule is CCCNC(=O)NC(=O)CN(C)c1ccc2ccccc2c1. The van der Waals surface area contributed by atoms with Crippen molar-refractivity contribution < 1.29 is 9.59 Å². The molecular weight excluding hydrogens is 278 g/mol. The number of likely N-dealkylation sites (N-methyl/N-ethyl adjacent to an activating group) is 1. The Morgan fingerprint density at radius 2 is 1.82 bits per heavy atom. The number of nitrogens with zero attached hydrogens (tertiary/aromatic N) is 1. The summed E-state index contributed by atoms with van der Waals surface area (Å²) in [6, 6.07) is 13.6. The largest absolute Gasteiger partial charge is 0.365 e. The molecule has 2 aromatic carbocycles. The highest BCUT2D eigenvalue weighted by Gasteiger charge is 2.10. The maximum Gasteiger partial charge on any atom is 0.321 e. The number of fused-ring (bicyclic) bond motifs is 1. The van der Waals surface area contributed by atoms with Crippen LogP contribution in [0.3, 0.4) is 0 Å². The predicted octanol–water partition coefficient (Wildman–Crippen LogP) is 2.51. The van der Waals surface area contributed by atoms with Gasteiger partial charge < -0.3 is 10.2 Å². The van der Waals surface area contributed by atoms with Crippen molar-refractivity contribution >= 4 is 28.4 Å². The van der Waals surface area contributed by atoms with Crippen molar-refractivity contribution in [1.82, 2.24) is 10.6 Å². The van der Waals surface area contributed by atoms with Crippen LogP contribution in [0.15, 0.2) is 42.5 Å². The third-order valence-electron chi connectivity index (χ3n) is 3.34. The van der Waals surface area contributed by atoms with Crippen molar-refractivity contribution in [1.29, 1.82) is 0 Å². The maximum atomic E-state index is 11.9. The zero-order valence-electron chi connectivity index (χ0n) is 12.9. The van der Waals surface area contributed by atoms with Gasteiger partial charge in [-0.25, -0.2) is 4.79 Å². The molecule has 0 unspecified atom stereocenters. The maximum absolute atomic E-state index is 11.9. The van der Waals surface area contributed by atoms with Gasteiger partial charge in [0.15, 0.2) is 0 Å². The molecular formula is C17H21N3O2. The lowest BCUT2D eigenvalue weighted by molar-refractivity contribution is -0.118. The van der Waals surface area contributed by atoms with Crippen molar-refractivity contribution in [2.45, 2.75) is 13.3 Å². The number of hydrogen-bond donors (Lipinski definition) is 2. The second-order valence-corrected chi connectivity index (χ2v) is 5.19. The van der Waals surface area contributed by atoms with Crippen molar-refractivity contribution in [3.8, 4) is 0 Å². The minimum atomic E-state index is -0.446. The number of hydrogen-bond acceptors (Lipinski definition) is 3. The molecule has 0 aliphatic heterocycles. The molecule has 0 saturated heterocycles. The van der Waals surface area contributed by atoms with E-state index in [1.807, 2.05) is 61.3 Å². The highest BCUT2D eigenvalue weighted by molar-refractivity contribution is 5.96. The fourth-order valence-corrected chi connectivity index (χ4v) is 2.17. The Bertz CT molecular complexity index is 670. The van der Waals surface area contributed by atoms with E-state index in [1.54, 1.807) is 0 Å². The minimum absolute atomic E-state index is 0.123. The first-order chi connectivity index (χ1) is 10.6. The molecule has 0 atom stereocenters. The number of carbonyl (C=O) groups excluding carboxylic acids is 2. The van der Waals surface area contributed by atoms with E-state index in [4.69, 9.17) is 0 Å². The molecule has 2 rings (SSSR count). The summed E-state index contributed by atoms with van der Waals surface area (Å²) in [7, 11) is 1.83. The number of nitrogens with one attached hydrogen (secondary N) is 2. The summed E-state index contributed by atoms with van der Waals surface area (Å²) in [6.45, 7) is 2.63. The zero-order chi connectivity index (χ0) is 15.9. The van der Waals surface area contributed by atoms with E-state index in [0.29, 0.717) is 6.54 Å². The number of rotatable bonds is 5. The van der Waals surface area contributed by atoms with E-state index in [-0.39, 0.29) is 12.5 Å². The Balaban J connectivity index is 1.96. The lowest BCUT2D eigenvalue weighted by Crippen LogP contribution is -2.44. The van der Waals surface area contributed by atoms with E-state index >= 15 is 0 Å². The van der Waals surface area contributed by atoms with Gasteiger partial charge in [-0.05, 0) is 29.3 Å². The van der Waals surface area contributed by atoms with E-state index in [2.05, 4.69) is 10.6 Å². The highest BCUT2D eigenvalue weighted by atomic mass is 16.2. The number of anilines is 1. The molecule has 0 aromatic heterocycles. The summed E-state index contributed by atoms with van der Waals surface area (Å²) < 4.78 is 0. The molecule has 0 spiro atoms. The van der Waals surface area contributed by atoms with Crippen molar-refractivity contribution in [2.24, 2.45) is 0 Å². The second-order valence-electron chi connectivity index (χ2n) is 5.19. The minimum Gasteiger partial charge on any atom is -0.365 e. The third kappa shape index (κ3) is 4.22. The lowest BCUT2D eigenvalue weighted by Gasteiger charge is -2.19. The smallest absolute Gasteiger partial charge is 0.321 e. The summed E-state index contributed by atoms with van der Waals surface area (Å²) >= 11 is 0. The summed E-state index contributed by atoms with van der Waals surface area (Å²) in [4.78, 5) is 25.1. The van der Waals surface area contributed by atoms with E-state index < -0.39 is 6.03 Å². The molecule has 3 amide bonds. The van der Waals surface area contributed by atoms with Gasteiger partial charge in [-0.1, -0.05) is 37.3 Å². The summed E-state index contributed by atoms with van der Waals surface area (Å²) in [6.07, 6.45) is 0.832. The van der Waals surface area contributed by atoms with Gasteiger partial charge >= 0.3 is 6.03 Å². The number of benzene rings is 2. The van der Waals surface area contributed by atoms with Crippen LogP contribution >= 0.6 is 0 Å². The van der Waals surface area contributed by atoms with Crippen LogP contribution in [-0.2, 0) is 4.79 Å². The van der Waals surface area contributed by atoms with Crippen molar-refractivity contribution in [3.63, 3.8) is 0 Å². The molecule has 2 N–H and O–H groups in total. The van der Waals surface area contributed by atoms with Crippen LogP contribution in [0.5, 0.6) is 0 Å². The number of imide groups is 1. The summed E-state index contributed by atoms with van der Waals surface area (Å²) in [5.74, 6) is -0.329. The van der Waals surface area contributed by atoms with Crippen LogP contribution in [0.1, 0.15) is 13.3 Å².